The van der Waals surface area contributed by atoms with Crippen molar-refractivity contribution >= 4 is 0 Å². The van der Waals surface area contributed by atoms with Gasteiger partial charge in [-0.1, -0.05) is 59.8 Å². The summed E-state index contributed by atoms with van der Waals surface area (Å²) in [7, 11) is 1.64. The third kappa shape index (κ3) is 5.17. The van der Waals surface area contributed by atoms with Gasteiger partial charge in [-0.05, 0) is 70.1 Å². The van der Waals surface area contributed by atoms with Crippen LogP contribution in [-0.4, -0.2) is 25.2 Å². The smallest absolute Gasteiger partial charge is 0.250 e. The van der Waals surface area contributed by atoms with E-state index in [1.54, 1.807) is 25.4 Å². The molecule has 2 heterocycles. The van der Waals surface area contributed by atoms with Gasteiger partial charge in [-0.3, -0.25) is 4.79 Å². The van der Waals surface area contributed by atoms with Crippen LogP contribution in [0.3, 0.4) is 0 Å². The van der Waals surface area contributed by atoms with Gasteiger partial charge in [-0.15, -0.1) is 10.2 Å². The van der Waals surface area contributed by atoms with Gasteiger partial charge in [0.2, 0.25) is 11.4 Å². The molecule has 9 heteroatoms. The summed E-state index contributed by atoms with van der Waals surface area (Å²) in [4.78, 5) is 23.8. The van der Waals surface area contributed by atoms with Crippen LogP contribution >= 0.6 is 0 Å². The predicted molar refractivity (Wildman–Crippen MR) is 143 cm³/mol. The van der Waals surface area contributed by atoms with Gasteiger partial charge >= 0.3 is 0 Å². The van der Waals surface area contributed by atoms with E-state index >= 15 is 0 Å². The molecule has 190 valence electrons. The Kier molecular flexibility index (Phi) is 6.99. The number of aromatic nitrogens is 5. The minimum atomic E-state index is -0.686. The Morgan fingerprint density at radius 2 is 1.58 bits per heavy atom. The lowest BCUT2D eigenvalue weighted by atomic mass is 9.82. The van der Waals surface area contributed by atoms with Crippen molar-refractivity contribution < 1.29 is 4.39 Å². The number of tetrazole rings is 1. The number of aryl methyl sites for hydroxylation is 2. The van der Waals surface area contributed by atoms with Gasteiger partial charge in [0.05, 0.1) is 0 Å². The van der Waals surface area contributed by atoms with Crippen molar-refractivity contribution in [2.75, 3.05) is 0 Å². The average Bonchev–Trinajstić information content (AvgIpc) is 3.47. The van der Waals surface area contributed by atoms with Gasteiger partial charge in [0, 0.05) is 30.8 Å². The first-order valence-electron chi connectivity index (χ1n) is 12.1. The van der Waals surface area contributed by atoms with Gasteiger partial charge in [0.1, 0.15) is 11.9 Å². The van der Waals surface area contributed by atoms with Crippen LogP contribution in [0.5, 0.6) is 0 Å². The van der Waals surface area contributed by atoms with Crippen molar-refractivity contribution in [3.05, 3.63) is 128 Å². The summed E-state index contributed by atoms with van der Waals surface area (Å²) in [6, 6.07) is 23.1. The largest absolute Gasteiger partial charge is 0.318 e. The molecule has 2 atom stereocenters. The Bertz CT molecular complexity index is 1610. The molecule has 0 amide bonds. The van der Waals surface area contributed by atoms with E-state index in [2.05, 4.69) is 25.8 Å². The van der Waals surface area contributed by atoms with Gasteiger partial charge in [-0.25, -0.2) is 4.39 Å². The summed E-state index contributed by atoms with van der Waals surface area (Å²) < 4.78 is 15.4. The molecule has 0 fully saturated rings. The van der Waals surface area contributed by atoms with Crippen LogP contribution in [0.4, 0.5) is 4.39 Å². The summed E-state index contributed by atoms with van der Waals surface area (Å²) >= 11 is 0. The first kappa shape index (κ1) is 24.9. The number of hydrogen-bond acceptors (Lipinski definition) is 6. The highest BCUT2D eigenvalue weighted by atomic mass is 19.1. The number of nitroso groups, excluding NO2 is 1. The lowest BCUT2D eigenvalue weighted by Gasteiger charge is -2.23. The molecule has 0 spiro atoms. The summed E-state index contributed by atoms with van der Waals surface area (Å²) in [5.74, 6) is -0.000768. The molecule has 2 unspecified atom stereocenters. The van der Waals surface area contributed by atoms with Crippen LogP contribution in [0.1, 0.15) is 40.6 Å². The van der Waals surface area contributed by atoms with Crippen LogP contribution < -0.4 is 5.56 Å². The SMILES string of the molecule is Cc1cc(F)ccc1C(CC(N=O)c1ccc(=O)n(C)c1)c1ccc(-c2ccc(-c3nn[nH]n3)cc2)cc1. The van der Waals surface area contributed by atoms with Crippen LogP contribution in [0, 0.1) is 17.6 Å². The Morgan fingerprint density at radius 1 is 0.921 bits per heavy atom. The third-order valence-electron chi connectivity index (χ3n) is 6.82. The molecular formula is C29H25FN6O2. The lowest BCUT2D eigenvalue weighted by Crippen LogP contribution is -2.16. The van der Waals surface area contributed by atoms with E-state index < -0.39 is 6.04 Å². The summed E-state index contributed by atoms with van der Waals surface area (Å²) in [6.07, 6.45) is 2.01. The van der Waals surface area contributed by atoms with E-state index in [0.717, 1.165) is 33.4 Å². The second-order valence-electron chi connectivity index (χ2n) is 9.26. The van der Waals surface area contributed by atoms with Gasteiger partial charge in [0.15, 0.2) is 0 Å². The number of rotatable bonds is 8. The Balaban J connectivity index is 1.48. The maximum Gasteiger partial charge on any atom is 0.250 e. The number of nitrogens with zero attached hydrogens (tertiary/aromatic N) is 5. The van der Waals surface area contributed by atoms with E-state index in [1.165, 1.54) is 22.8 Å². The summed E-state index contributed by atoms with van der Waals surface area (Å²) in [5.41, 5.74) is 6.09. The van der Waals surface area contributed by atoms with Crippen molar-refractivity contribution in [3.8, 4) is 22.5 Å². The van der Waals surface area contributed by atoms with E-state index in [0.29, 0.717) is 17.8 Å². The van der Waals surface area contributed by atoms with Crippen LogP contribution in [0.2, 0.25) is 0 Å². The predicted octanol–water partition coefficient (Wildman–Crippen LogP) is 5.71. The van der Waals surface area contributed by atoms with Crippen LogP contribution in [-0.2, 0) is 7.05 Å². The van der Waals surface area contributed by atoms with Crippen molar-refractivity contribution in [3.63, 3.8) is 0 Å². The molecule has 3 aromatic carbocycles. The fraction of sp³-hybridized carbons (Fsp3) is 0.172. The molecule has 0 aliphatic heterocycles. The van der Waals surface area contributed by atoms with Gasteiger partial charge in [-0.2, -0.15) is 10.1 Å². The Morgan fingerprint density at radius 3 is 2.18 bits per heavy atom. The van der Waals surface area contributed by atoms with Crippen LogP contribution in [0.15, 0.2) is 95.0 Å². The number of aromatic amines is 1. The van der Waals surface area contributed by atoms with Crippen molar-refractivity contribution in [2.24, 2.45) is 12.2 Å². The maximum absolute atomic E-state index is 13.9. The minimum absolute atomic E-state index is 0.162. The number of pyridine rings is 1. The molecule has 0 saturated heterocycles. The zero-order chi connectivity index (χ0) is 26.6. The molecule has 0 bridgehead atoms. The number of nitrogens with one attached hydrogen (secondary N) is 1. The number of benzene rings is 3. The number of H-pyrrole nitrogens is 1. The molecule has 0 aliphatic carbocycles. The monoisotopic (exact) mass is 508 g/mol. The van der Waals surface area contributed by atoms with E-state index in [-0.39, 0.29) is 17.3 Å². The molecular weight excluding hydrogens is 483 g/mol. The molecule has 0 aliphatic rings. The van der Waals surface area contributed by atoms with Crippen molar-refractivity contribution in [2.45, 2.75) is 25.3 Å². The normalized spacial score (nSPS) is 12.7. The second-order valence-corrected chi connectivity index (χ2v) is 9.26. The quantitative estimate of drug-likeness (QED) is 0.270. The number of halogens is 1. The van der Waals surface area contributed by atoms with E-state index in [4.69, 9.17) is 0 Å². The third-order valence-corrected chi connectivity index (χ3v) is 6.82. The highest BCUT2D eigenvalue weighted by molar-refractivity contribution is 5.68. The first-order valence-corrected chi connectivity index (χ1v) is 12.1. The average molecular weight is 509 g/mol. The molecule has 0 radical (unpaired) electrons. The summed E-state index contributed by atoms with van der Waals surface area (Å²) in [6.45, 7) is 1.86. The zero-order valence-corrected chi connectivity index (χ0v) is 20.9. The number of hydrogen-bond donors (Lipinski definition) is 1. The topological polar surface area (TPSA) is 106 Å². The highest BCUT2D eigenvalue weighted by Gasteiger charge is 2.24. The summed E-state index contributed by atoms with van der Waals surface area (Å²) in [5, 5.41) is 17.5. The molecule has 5 rings (SSSR count). The maximum atomic E-state index is 13.9. The minimum Gasteiger partial charge on any atom is -0.318 e. The first-order chi connectivity index (χ1) is 18.4. The van der Waals surface area contributed by atoms with Crippen molar-refractivity contribution in [1.82, 2.24) is 25.2 Å². The van der Waals surface area contributed by atoms with E-state index in [9.17, 15) is 14.1 Å². The fourth-order valence-corrected chi connectivity index (χ4v) is 4.75. The lowest BCUT2D eigenvalue weighted by molar-refractivity contribution is 0.583. The standard InChI is InChI=1S/C29H25FN6O2/c1-18-15-24(30)12-13-25(18)26(16-27(33-38)23-11-14-28(37)36(2)17-23)21-7-3-19(4-8-21)20-5-9-22(10-6-20)29-31-34-35-32-29/h3-15,17,26-27H,16H2,1-2H3,(H,31,32,34,35). The Hall–Kier alpha value is -4.79. The molecule has 38 heavy (non-hydrogen) atoms. The van der Waals surface area contributed by atoms with Gasteiger partial charge in [0.25, 0.3) is 0 Å². The second kappa shape index (κ2) is 10.7. The van der Waals surface area contributed by atoms with Gasteiger partial charge < -0.3 is 4.57 Å². The molecule has 1 N–H and O–H groups in total. The molecule has 5 aromatic rings. The fourth-order valence-electron chi connectivity index (χ4n) is 4.75. The molecule has 0 saturated carbocycles. The Labute approximate surface area is 218 Å². The van der Waals surface area contributed by atoms with Crippen molar-refractivity contribution in [1.29, 1.82) is 0 Å². The molecule has 2 aromatic heterocycles. The van der Waals surface area contributed by atoms with Crippen LogP contribution in [0.25, 0.3) is 22.5 Å². The molecule has 8 nitrogen and oxygen atoms in total. The highest BCUT2D eigenvalue weighted by Crippen LogP contribution is 2.38. The van der Waals surface area contributed by atoms with E-state index in [1.807, 2.05) is 55.5 Å². The zero-order valence-electron chi connectivity index (χ0n) is 20.9.